The van der Waals surface area contributed by atoms with Gasteiger partial charge in [0, 0.05) is 12.1 Å². The molecule has 3 atom stereocenters. The fraction of sp³-hybridized carbons (Fsp3) is 0.800. The van der Waals surface area contributed by atoms with Crippen molar-refractivity contribution in [3.05, 3.63) is 11.6 Å². The number of rotatable bonds is 6. The summed E-state index contributed by atoms with van der Waals surface area (Å²) < 4.78 is 4.74. The molecule has 2 aliphatic carbocycles. The highest BCUT2D eigenvalue weighted by Crippen LogP contribution is 2.47. The highest BCUT2D eigenvalue weighted by molar-refractivity contribution is 5.88. The number of fused-ring (bicyclic) bond motifs is 2. The van der Waals surface area contributed by atoms with Crippen molar-refractivity contribution < 1.29 is 9.53 Å². The van der Waals surface area contributed by atoms with Gasteiger partial charge in [0.1, 0.15) is 0 Å². The van der Waals surface area contributed by atoms with Crippen LogP contribution in [0.4, 0.5) is 0 Å². The van der Waals surface area contributed by atoms with Gasteiger partial charge in [0.05, 0.1) is 7.11 Å². The Bertz CT molecular complexity index is 324. The summed E-state index contributed by atoms with van der Waals surface area (Å²) in [6, 6.07) is 0. The maximum atomic E-state index is 11.4. The summed E-state index contributed by atoms with van der Waals surface area (Å²) in [5.74, 6) is 2.66. The third-order valence-corrected chi connectivity index (χ3v) is 4.61. The molecule has 2 aliphatic rings. The molecule has 2 bridgehead atoms. The predicted octanol–water partition coefficient (Wildman–Crippen LogP) is 2.52. The molecule has 2 saturated carbocycles. The number of hydrogen-bond acceptors (Lipinski definition) is 3. The van der Waals surface area contributed by atoms with Gasteiger partial charge in [-0.15, -0.1) is 0 Å². The Morgan fingerprint density at radius 3 is 2.78 bits per heavy atom. The summed E-state index contributed by atoms with van der Waals surface area (Å²) in [6.45, 7) is 3.88. The largest absolute Gasteiger partial charge is 0.466 e. The maximum absolute atomic E-state index is 11.4. The number of hydrogen-bond donors (Lipinski definition) is 1. The number of methoxy groups -OCH3 is 1. The molecule has 2 rings (SSSR count). The van der Waals surface area contributed by atoms with Crippen LogP contribution < -0.4 is 5.32 Å². The minimum Gasteiger partial charge on any atom is -0.466 e. The van der Waals surface area contributed by atoms with Crippen LogP contribution in [0.25, 0.3) is 0 Å². The van der Waals surface area contributed by atoms with Crippen LogP contribution in [0, 0.1) is 17.8 Å². The van der Waals surface area contributed by atoms with E-state index in [1.54, 1.807) is 0 Å². The standard InChI is InChI=1S/C15H25NO2/c1-3-12(15(17)18-2)6-7-16-10-14-9-11-4-5-13(14)8-11/h6,11,13-14,16H,3-5,7-10H2,1-2H3. The first-order chi connectivity index (χ1) is 8.74. The molecule has 0 aromatic rings. The molecule has 3 heteroatoms. The van der Waals surface area contributed by atoms with Crippen LogP contribution >= 0.6 is 0 Å². The second-order valence-corrected chi connectivity index (χ2v) is 5.67. The van der Waals surface area contributed by atoms with Gasteiger partial charge in [-0.2, -0.15) is 0 Å². The molecule has 2 fully saturated rings. The van der Waals surface area contributed by atoms with Crippen LogP contribution in [0.2, 0.25) is 0 Å². The molecule has 0 aliphatic heterocycles. The normalized spacial score (nSPS) is 30.8. The van der Waals surface area contributed by atoms with Crippen molar-refractivity contribution in [1.82, 2.24) is 5.32 Å². The van der Waals surface area contributed by atoms with Gasteiger partial charge < -0.3 is 10.1 Å². The molecule has 0 amide bonds. The van der Waals surface area contributed by atoms with Crippen molar-refractivity contribution in [3.8, 4) is 0 Å². The van der Waals surface area contributed by atoms with Gasteiger partial charge in [-0.3, -0.25) is 0 Å². The molecular weight excluding hydrogens is 226 g/mol. The highest BCUT2D eigenvalue weighted by atomic mass is 16.5. The average Bonchev–Trinajstić information content (AvgIpc) is 3.00. The number of carbonyl (C=O) groups excluding carboxylic acids is 1. The number of ether oxygens (including phenoxy) is 1. The monoisotopic (exact) mass is 251 g/mol. The van der Waals surface area contributed by atoms with E-state index >= 15 is 0 Å². The molecule has 0 radical (unpaired) electrons. The lowest BCUT2D eigenvalue weighted by atomic mass is 9.89. The molecule has 0 aromatic heterocycles. The van der Waals surface area contributed by atoms with Crippen molar-refractivity contribution in [1.29, 1.82) is 0 Å². The van der Waals surface area contributed by atoms with E-state index in [4.69, 9.17) is 4.74 Å². The zero-order valence-electron chi connectivity index (χ0n) is 11.6. The lowest BCUT2D eigenvalue weighted by Crippen LogP contribution is -2.27. The molecule has 18 heavy (non-hydrogen) atoms. The molecule has 0 heterocycles. The van der Waals surface area contributed by atoms with Crippen LogP contribution in [0.15, 0.2) is 11.6 Å². The molecular formula is C15H25NO2. The summed E-state index contributed by atoms with van der Waals surface area (Å²) in [5, 5.41) is 3.47. The average molecular weight is 251 g/mol. The smallest absolute Gasteiger partial charge is 0.333 e. The van der Waals surface area contributed by atoms with Crippen LogP contribution in [-0.2, 0) is 9.53 Å². The first-order valence-electron chi connectivity index (χ1n) is 7.22. The Hall–Kier alpha value is -0.830. The fourth-order valence-corrected chi connectivity index (χ4v) is 3.59. The quantitative estimate of drug-likeness (QED) is 0.448. The molecule has 1 N–H and O–H groups in total. The molecule has 102 valence electrons. The number of esters is 1. The molecule has 3 nitrogen and oxygen atoms in total. The van der Waals surface area contributed by atoms with Gasteiger partial charge in [0.25, 0.3) is 0 Å². The van der Waals surface area contributed by atoms with E-state index < -0.39 is 0 Å². The second-order valence-electron chi connectivity index (χ2n) is 5.67. The Kier molecular flexibility index (Phi) is 4.81. The van der Waals surface area contributed by atoms with Crippen molar-refractivity contribution in [2.24, 2.45) is 17.8 Å². The van der Waals surface area contributed by atoms with Gasteiger partial charge in [-0.05, 0) is 50.0 Å². The number of nitrogens with one attached hydrogen (secondary N) is 1. The maximum Gasteiger partial charge on any atom is 0.333 e. The Labute approximate surface area is 110 Å². The number of carbonyl (C=O) groups is 1. The summed E-state index contributed by atoms with van der Waals surface area (Å²) in [5.41, 5.74) is 0.776. The third kappa shape index (κ3) is 3.14. The van der Waals surface area contributed by atoms with Gasteiger partial charge in [0.15, 0.2) is 0 Å². The van der Waals surface area contributed by atoms with Crippen LogP contribution in [0.1, 0.15) is 39.0 Å². The first-order valence-corrected chi connectivity index (χ1v) is 7.22. The molecule has 0 spiro atoms. The van der Waals surface area contributed by atoms with E-state index in [-0.39, 0.29) is 5.97 Å². The van der Waals surface area contributed by atoms with Crippen LogP contribution in [0.5, 0.6) is 0 Å². The van der Waals surface area contributed by atoms with E-state index in [2.05, 4.69) is 5.32 Å². The lowest BCUT2D eigenvalue weighted by Gasteiger charge is -2.21. The zero-order valence-corrected chi connectivity index (χ0v) is 11.6. The van der Waals surface area contributed by atoms with Gasteiger partial charge in [0.2, 0.25) is 0 Å². The van der Waals surface area contributed by atoms with E-state index in [1.165, 1.54) is 32.8 Å². The van der Waals surface area contributed by atoms with Crippen molar-refractivity contribution in [2.75, 3.05) is 20.2 Å². The first kappa shape index (κ1) is 13.6. The Morgan fingerprint density at radius 1 is 1.39 bits per heavy atom. The van der Waals surface area contributed by atoms with Gasteiger partial charge in [-0.25, -0.2) is 4.79 Å². The zero-order chi connectivity index (χ0) is 13.0. The fourth-order valence-electron chi connectivity index (χ4n) is 3.59. The minimum absolute atomic E-state index is 0.195. The summed E-state index contributed by atoms with van der Waals surface area (Å²) in [4.78, 5) is 11.4. The van der Waals surface area contributed by atoms with Crippen molar-refractivity contribution in [3.63, 3.8) is 0 Å². The van der Waals surface area contributed by atoms with Crippen LogP contribution in [-0.4, -0.2) is 26.2 Å². The molecule has 0 aromatic carbocycles. The summed E-state index contributed by atoms with van der Waals surface area (Å²) in [7, 11) is 1.44. The van der Waals surface area contributed by atoms with E-state index in [0.717, 1.165) is 42.8 Å². The lowest BCUT2D eigenvalue weighted by molar-refractivity contribution is -0.136. The van der Waals surface area contributed by atoms with E-state index in [0.29, 0.717) is 0 Å². The minimum atomic E-state index is -0.195. The molecule has 3 unspecified atom stereocenters. The van der Waals surface area contributed by atoms with Gasteiger partial charge >= 0.3 is 5.97 Å². The summed E-state index contributed by atoms with van der Waals surface area (Å²) >= 11 is 0. The summed E-state index contributed by atoms with van der Waals surface area (Å²) in [6.07, 6.45) is 8.49. The topological polar surface area (TPSA) is 38.3 Å². The SMILES string of the molecule is CCC(=CCNCC1CC2CCC1C2)C(=O)OC. The van der Waals surface area contributed by atoms with E-state index in [9.17, 15) is 4.79 Å². The van der Waals surface area contributed by atoms with Crippen molar-refractivity contribution >= 4 is 5.97 Å². The van der Waals surface area contributed by atoms with Crippen LogP contribution in [0.3, 0.4) is 0 Å². The third-order valence-electron chi connectivity index (χ3n) is 4.61. The predicted molar refractivity (Wildman–Crippen MR) is 72.2 cm³/mol. The Morgan fingerprint density at radius 2 is 2.22 bits per heavy atom. The highest BCUT2D eigenvalue weighted by Gasteiger charge is 2.38. The van der Waals surface area contributed by atoms with Gasteiger partial charge in [-0.1, -0.05) is 19.4 Å². The molecule has 0 saturated heterocycles. The van der Waals surface area contributed by atoms with E-state index in [1.807, 2.05) is 13.0 Å². The Balaban J connectivity index is 1.69. The van der Waals surface area contributed by atoms with Crippen molar-refractivity contribution in [2.45, 2.75) is 39.0 Å². The second kappa shape index (κ2) is 6.37.